The zero-order valence-electron chi connectivity index (χ0n) is 11.4. The molecule has 0 aromatic carbocycles. The quantitative estimate of drug-likeness (QED) is 0.824. The maximum Gasteiger partial charge on any atom is 0.107 e. The third kappa shape index (κ3) is 5.84. The predicted octanol–water partition coefficient (Wildman–Crippen LogP) is 3.89. The van der Waals surface area contributed by atoms with Crippen molar-refractivity contribution in [1.82, 2.24) is 10.3 Å². The van der Waals surface area contributed by atoms with Crippen molar-refractivity contribution in [2.75, 3.05) is 6.54 Å². The molecule has 1 unspecified atom stereocenters. The number of aryl methyl sites for hydroxylation is 2. The van der Waals surface area contributed by atoms with Crippen molar-refractivity contribution in [2.45, 2.75) is 53.0 Å². The van der Waals surface area contributed by atoms with E-state index in [0.717, 1.165) is 30.2 Å². The Kier molecular flexibility index (Phi) is 5.42. The maximum absolute atomic E-state index is 6.29. The molecule has 0 radical (unpaired) electrons. The summed E-state index contributed by atoms with van der Waals surface area (Å²) in [6.45, 7) is 12.5. The van der Waals surface area contributed by atoms with Crippen LogP contribution in [-0.2, 0) is 6.54 Å². The topological polar surface area (TPSA) is 24.9 Å². The van der Waals surface area contributed by atoms with Crippen LogP contribution in [0.15, 0.2) is 0 Å². The lowest BCUT2D eigenvalue weighted by molar-refractivity contribution is 0.364. The molecule has 0 bridgehead atoms. The first kappa shape index (κ1) is 14.9. The second-order valence-electron chi connectivity index (χ2n) is 5.74. The first-order valence-corrected chi connectivity index (χ1v) is 7.31. The molecule has 1 aromatic heterocycles. The maximum atomic E-state index is 6.29. The summed E-state index contributed by atoms with van der Waals surface area (Å²) in [4.78, 5) is 5.80. The van der Waals surface area contributed by atoms with Crippen molar-refractivity contribution in [2.24, 2.45) is 5.41 Å². The smallest absolute Gasteiger partial charge is 0.107 e. The fraction of sp³-hybridized carbons (Fsp3) is 0.769. The first-order valence-electron chi connectivity index (χ1n) is 6.05. The third-order valence-corrected chi connectivity index (χ3v) is 3.93. The molecule has 1 aromatic rings. The van der Waals surface area contributed by atoms with Gasteiger partial charge in [0.2, 0.25) is 0 Å². The molecular weight excluding hydrogens is 252 g/mol. The third-order valence-electron chi connectivity index (χ3n) is 2.55. The highest BCUT2D eigenvalue weighted by Crippen LogP contribution is 2.23. The number of halogens is 1. The number of alkyl halides is 1. The van der Waals surface area contributed by atoms with E-state index < -0.39 is 0 Å². The van der Waals surface area contributed by atoms with Gasteiger partial charge in [-0.2, -0.15) is 0 Å². The van der Waals surface area contributed by atoms with Crippen LogP contribution in [0.25, 0.3) is 0 Å². The van der Waals surface area contributed by atoms with Crippen LogP contribution in [-0.4, -0.2) is 16.9 Å². The largest absolute Gasteiger partial charge is 0.309 e. The van der Waals surface area contributed by atoms with E-state index in [4.69, 9.17) is 11.6 Å². The molecule has 0 aliphatic heterocycles. The van der Waals surface area contributed by atoms with Crippen molar-refractivity contribution >= 4 is 22.9 Å². The molecule has 17 heavy (non-hydrogen) atoms. The van der Waals surface area contributed by atoms with Gasteiger partial charge in [0.05, 0.1) is 5.69 Å². The van der Waals surface area contributed by atoms with Gasteiger partial charge in [-0.15, -0.1) is 22.9 Å². The van der Waals surface area contributed by atoms with E-state index in [9.17, 15) is 0 Å². The molecule has 1 N–H and O–H groups in total. The summed E-state index contributed by atoms with van der Waals surface area (Å²) < 4.78 is 0. The Hall–Kier alpha value is -0.120. The zero-order chi connectivity index (χ0) is 13.1. The number of rotatable bonds is 5. The highest BCUT2D eigenvalue weighted by Gasteiger charge is 2.16. The highest BCUT2D eigenvalue weighted by molar-refractivity contribution is 7.11. The van der Waals surface area contributed by atoms with E-state index in [-0.39, 0.29) is 5.38 Å². The van der Waals surface area contributed by atoms with Gasteiger partial charge < -0.3 is 5.32 Å². The molecule has 1 heterocycles. The van der Waals surface area contributed by atoms with E-state index in [1.54, 1.807) is 11.3 Å². The summed E-state index contributed by atoms with van der Waals surface area (Å²) in [6.07, 6.45) is 1.03. The van der Waals surface area contributed by atoms with Gasteiger partial charge in [-0.25, -0.2) is 4.98 Å². The summed E-state index contributed by atoms with van der Waals surface area (Å²) in [5, 5.41) is 4.72. The van der Waals surface area contributed by atoms with Crippen LogP contribution in [0.1, 0.15) is 42.8 Å². The summed E-state index contributed by atoms with van der Waals surface area (Å²) in [7, 11) is 0. The zero-order valence-corrected chi connectivity index (χ0v) is 13.0. The number of nitrogens with one attached hydrogen (secondary N) is 1. The second-order valence-corrected chi connectivity index (χ2v) is 7.65. The van der Waals surface area contributed by atoms with Crippen molar-refractivity contribution in [3.05, 3.63) is 15.6 Å². The minimum absolute atomic E-state index is 0.192. The van der Waals surface area contributed by atoms with E-state index in [0.29, 0.717) is 5.41 Å². The van der Waals surface area contributed by atoms with Crippen molar-refractivity contribution in [3.8, 4) is 0 Å². The lowest BCUT2D eigenvalue weighted by Gasteiger charge is -2.21. The lowest BCUT2D eigenvalue weighted by Crippen LogP contribution is -2.26. The van der Waals surface area contributed by atoms with E-state index in [1.165, 1.54) is 4.88 Å². The van der Waals surface area contributed by atoms with E-state index in [1.807, 2.05) is 0 Å². The molecule has 2 nitrogen and oxygen atoms in total. The van der Waals surface area contributed by atoms with Crippen LogP contribution in [0.5, 0.6) is 0 Å². The van der Waals surface area contributed by atoms with Gasteiger partial charge >= 0.3 is 0 Å². The van der Waals surface area contributed by atoms with Gasteiger partial charge in [-0.3, -0.25) is 0 Å². The molecule has 0 spiro atoms. The molecule has 98 valence electrons. The molecule has 1 rings (SSSR count). The Labute approximate surface area is 114 Å². The normalized spacial score (nSPS) is 14.0. The Morgan fingerprint density at radius 3 is 2.47 bits per heavy atom. The first-order chi connectivity index (χ1) is 7.78. The average Bonchev–Trinajstić information content (AvgIpc) is 2.43. The van der Waals surface area contributed by atoms with Gasteiger partial charge in [-0.05, 0) is 25.7 Å². The van der Waals surface area contributed by atoms with Crippen LogP contribution >= 0.6 is 22.9 Å². The molecule has 0 saturated heterocycles. The van der Waals surface area contributed by atoms with Crippen LogP contribution in [0.2, 0.25) is 0 Å². The Morgan fingerprint density at radius 1 is 1.35 bits per heavy atom. The fourth-order valence-corrected chi connectivity index (χ4v) is 3.16. The Balaban J connectivity index is 2.28. The summed E-state index contributed by atoms with van der Waals surface area (Å²) in [5.41, 5.74) is 1.44. The predicted molar refractivity (Wildman–Crippen MR) is 77.0 cm³/mol. The van der Waals surface area contributed by atoms with Crippen LogP contribution in [0.4, 0.5) is 0 Å². The van der Waals surface area contributed by atoms with Gasteiger partial charge in [0.25, 0.3) is 0 Å². The second kappa shape index (κ2) is 6.17. The monoisotopic (exact) mass is 274 g/mol. The molecule has 0 aliphatic carbocycles. The molecule has 0 saturated carbocycles. The molecule has 0 fully saturated rings. The number of thiazole rings is 1. The van der Waals surface area contributed by atoms with Gasteiger partial charge in [-0.1, -0.05) is 20.8 Å². The van der Waals surface area contributed by atoms with E-state index in [2.05, 4.69) is 44.9 Å². The van der Waals surface area contributed by atoms with Crippen molar-refractivity contribution in [3.63, 3.8) is 0 Å². The van der Waals surface area contributed by atoms with Gasteiger partial charge in [0.1, 0.15) is 5.01 Å². The SMILES string of the molecule is Cc1nc(CNCC(Cl)CC(C)(C)C)sc1C. The Morgan fingerprint density at radius 2 is 2.00 bits per heavy atom. The van der Waals surface area contributed by atoms with Crippen molar-refractivity contribution < 1.29 is 0 Å². The summed E-state index contributed by atoms with van der Waals surface area (Å²) >= 11 is 8.05. The average molecular weight is 275 g/mol. The number of nitrogens with zero attached hydrogens (tertiary/aromatic N) is 1. The van der Waals surface area contributed by atoms with Gasteiger partial charge in [0, 0.05) is 23.3 Å². The summed E-state index contributed by atoms with van der Waals surface area (Å²) in [5.74, 6) is 0. The molecule has 1 atom stereocenters. The molecular formula is C13H23ClN2S. The van der Waals surface area contributed by atoms with Crippen LogP contribution in [0, 0.1) is 19.3 Å². The minimum Gasteiger partial charge on any atom is -0.309 e. The van der Waals surface area contributed by atoms with Crippen molar-refractivity contribution in [1.29, 1.82) is 0 Å². The van der Waals surface area contributed by atoms with Crippen LogP contribution < -0.4 is 5.32 Å². The van der Waals surface area contributed by atoms with Crippen LogP contribution in [0.3, 0.4) is 0 Å². The Bertz CT molecular complexity index is 335. The fourth-order valence-electron chi connectivity index (χ4n) is 1.69. The summed E-state index contributed by atoms with van der Waals surface area (Å²) in [6, 6.07) is 0. The van der Waals surface area contributed by atoms with E-state index >= 15 is 0 Å². The molecule has 0 aliphatic rings. The number of aromatic nitrogens is 1. The lowest BCUT2D eigenvalue weighted by atomic mass is 9.90. The number of hydrogen-bond acceptors (Lipinski definition) is 3. The highest BCUT2D eigenvalue weighted by atomic mass is 35.5. The standard InChI is InChI=1S/C13H23ClN2S/c1-9-10(2)17-12(16-9)8-15-7-11(14)6-13(3,4)5/h11,15H,6-8H2,1-5H3. The van der Waals surface area contributed by atoms with Gasteiger partial charge in [0.15, 0.2) is 0 Å². The molecule has 4 heteroatoms. The molecule has 0 amide bonds. The minimum atomic E-state index is 0.192. The number of hydrogen-bond donors (Lipinski definition) is 1.